The monoisotopic (exact) mass is 314 g/mol. The van der Waals surface area contributed by atoms with Crippen molar-refractivity contribution < 1.29 is 14.6 Å². The van der Waals surface area contributed by atoms with Crippen molar-refractivity contribution in [3.05, 3.63) is 0 Å². The van der Waals surface area contributed by atoms with Crippen LogP contribution in [0.2, 0.25) is 0 Å². The molecule has 22 heavy (non-hydrogen) atoms. The van der Waals surface area contributed by atoms with Gasteiger partial charge < -0.3 is 14.6 Å². The van der Waals surface area contributed by atoms with Crippen molar-refractivity contribution in [2.45, 2.75) is 64.0 Å². The SMILES string of the molecule is CC.OC[C@]12CCCN1[C@@H](COCOCN1CCCC1)CC2. The Morgan fingerprint density at radius 3 is 2.55 bits per heavy atom. The third-order valence-corrected chi connectivity index (χ3v) is 5.28. The number of likely N-dealkylation sites (tertiary alicyclic amines) is 1. The molecule has 3 rings (SSSR count). The molecule has 0 aromatic heterocycles. The van der Waals surface area contributed by atoms with Gasteiger partial charge in [-0.3, -0.25) is 9.80 Å². The third-order valence-electron chi connectivity index (χ3n) is 5.28. The molecule has 0 aliphatic carbocycles. The van der Waals surface area contributed by atoms with Gasteiger partial charge in [0.1, 0.15) is 13.5 Å². The van der Waals surface area contributed by atoms with Gasteiger partial charge in [0.05, 0.1) is 13.2 Å². The number of aliphatic hydroxyl groups is 1. The highest BCUT2D eigenvalue weighted by Crippen LogP contribution is 2.41. The van der Waals surface area contributed by atoms with Crippen molar-refractivity contribution in [3.63, 3.8) is 0 Å². The first kappa shape index (κ1) is 18.1. The first-order valence-electron chi connectivity index (χ1n) is 9.09. The average Bonchev–Trinajstić information content (AvgIpc) is 3.26. The molecule has 0 aromatic carbocycles. The summed E-state index contributed by atoms with van der Waals surface area (Å²) in [4.78, 5) is 4.81. The molecular weight excluding hydrogens is 280 g/mol. The normalized spacial score (nSPS) is 32.0. The molecule has 0 amide bonds. The van der Waals surface area contributed by atoms with Crippen molar-refractivity contribution in [2.75, 3.05) is 46.4 Å². The van der Waals surface area contributed by atoms with E-state index in [4.69, 9.17) is 9.47 Å². The molecule has 3 aliphatic heterocycles. The van der Waals surface area contributed by atoms with E-state index in [9.17, 15) is 5.11 Å². The lowest BCUT2D eigenvalue weighted by Crippen LogP contribution is -2.46. The largest absolute Gasteiger partial charge is 0.394 e. The minimum Gasteiger partial charge on any atom is -0.394 e. The summed E-state index contributed by atoms with van der Waals surface area (Å²) >= 11 is 0. The summed E-state index contributed by atoms with van der Waals surface area (Å²) in [6, 6.07) is 0.472. The zero-order valence-corrected chi connectivity index (χ0v) is 14.4. The Kier molecular flexibility index (Phi) is 7.57. The summed E-state index contributed by atoms with van der Waals surface area (Å²) < 4.78 is 11.3. The number of ether oxygens (including phenoxy) is 2. The number of hydrogen-bond acceptors (Lipinski definition) is 5. The van der Waals surface area contributed by atoms with E-state index in [0.29, 0.717) is 26.2 Å². The summed E-state index contributed by atoms with van der Waals surface area (Å²) in [6.45, 7) is 9.58. The maximum Gasteiger partial charge on any atom is 0.148 e. The first-order valence-corrected chi connectivity index (χ1v) is 9.09. The maximum absolute atomic E-state index is 9.66. The fraction of sp³-hybridized carbons (Fsp3) is 1.00. The highest BCUT2D eigenvalue weighted by atomic mass is 16.7. The maximum atomic E-state index is 9.66. The van der Waals surface area contributed by atoms with Gasteiger partial charge in [0.15, 0.2) is 0 Å². The number of nitrogens with zero attached hydrogens (tertiary/aromatic N) is 2. The standard InChI is InChI=1S/C15H28N2O3.C2H6/c18-11-15-5-3-9-17(15)14(4-6-15)10-19-13-20-12-16-7-1-2-8-16;1-2/h14,18H,1-13H2;1-2H3/t14-,15-;/m1./s1. The molecule has 3 heterocycles. The van der Waals surface area contributed by atoms with Gasteiger partial charge in [0, 0.05) is 24.7 Å². The Balaban J connectivity index is 0.000000847. The van der Waals surface area contributed by atoms with E-state index in [1.165, 1.54) is 19.3 Å². The average molecular weight is 314 g/mol. The summed E-state index contributed by atoms with van der Waals surface area (Å²) in [6.07, 6.45) is 7.21. The van der Waals surface area contributed by atoms with E-state index in [2.05, 4.69) is 9.80 Å². The predicted octanol–water partition coefficient (Wildman–Crippen LogP) is 2.05. The Labute approximate surface area is 135 Å². The van der Waals surface area contributed by atoms with E-state index in [1.807, 2.05) is 13.8 Å². The summed E-state index contributed by atoms with van der Waals surface area (Å²) in [7, 11) is 0. The van der Waals surface area contributed by atoms with Gasteiger partial charge in [-0.2, -0.15) is 0 Å². The van der Waals surface area contributed by atoms with Gasteiger partial charge >= 0.3 is 0 Å². The van der Waals surface area contributed by atoms with Crippen LogP contribution in [0, 0.1) is 0 Å². The third kappa shape index (κ3) is 4.20. The van der Waals surface area contributed by atoms with Crippen LogP contribution in [0.1, 0.15) is 52.4 Å². The second kappa shape index (κ2) is 9.18. The van der Waals surface area contributed by atoms with Crippen LogP contribution >= 0.6 is 0 Å². The second-order valence-electron chi connectivity index (χ2n) is 6.52. The van der Waals surface area contributed by atoms with Crippen LogP contribution in [-0.4, -0.2) is 72.9 Å². The molecule has 3 fully saturated rings. The van der Waals surface area contributed by atoms with Gasteiger partial charge in [0.2, 0.25) is 0 Å². The van der Waals surface area contributed by atoms with Gasteiger partial charge in [-0.05, 0) is 45.1 Å². The van der Waals surface area contributed by atoms with Crippen molar-refractivity contribution >= 4 is 0 Å². The van der Waals surface area contributed by atoms with Gasteiger partial charge in [-0.1, -0.05) is 13.8 Å². The zero-order valence-electron chi connectivity index (χ0n) is 14.4. The van der Waals surface area contributed by atoms with Crippen LogP contribution in [0.5, 0.6) is 0 Å². The number of fused-ring (bicyclic) bond motifs is 1. The molecule has 3 saturated heterocycles. The Morgan fingerprint density at radius 1 is 1.05 bits per heavy atom. The summed E-state index contributed by atoms with van der Waals surface area (Å²) in [5.74, 6) is 0. The molecular formula is C17H34N2O3. The highest BCUT2D eigenvalue weighted by Gasteiger charge is 2.48. The molecule has 0 spiro atoms. The van der Waals surface area contributed by atoms with Crippen LogP contribution < -0.4 is 0 Å². The quantitative estimate of drug-likeness (QED) is 0.575. The van der Waals surface area contributed by atoms with E-state index < -0.39 is 0 Å². The molecule has 0 radical (unpaired) electrons. The molecule has 5 nitrogen and oxygen atoms in total. The van der Waals surface area contributed by atoms with Crippen LogP contribution in [0.25, 0.3) is 0 Å². The molecule has 0 bridgehead atoms. The Morgan fingerprint density at radius 2 is 1.82 bits per heavy atom. The number of aliphatic hydroxyl groups excluding tert-OH is 1. The van der Waals surface area contributed by atoms with E-state index in [1.54, 1.807) is 0 Å². The van der Waals surface area contributed by atoms with Crippen LogP contribution in [-0.2, 0) is 9.47 Å². The van der Waals surface area contributed by atoms with Gasteiger partial charge in [0.25, 0.3) is 0 Å². The molecule has 0 saturated carbocycles. The molecule has 2 atom stereocenters. The fourth-order valence-corrected chi connectivity index (χ4v) is 4.13. The lowest BCUT2D eigenvalue weighted by atomic mass is 9.95. The van der Waals surface area contributed by atoms with E-state index in [-0.39, 0.29) is 5.54 Å². The lowest BCUT2D eigenvalue weighted by molar-refractivity contribution is -0.0974. The zero-order chi connectivity index (χ0) is 15.8. The summed E-state index contributed by atoms with van der Waals surface area (Å²) in [5, 5.41) is 9.66. The van der Waals surface area contributed by atoms with Crippen molar-refractivity contribution in [3.8, 4) is 0 Å². The van der Waals surface area contributed by atoms with Crippen molar-refractivity contribution in [2.24, 2.45) is 0 Å². The Hall–Kier alpha value is -0.200. The molecule has 1 N–H and O–H groups in total. The minimum absolute atomic E-state index is 0.0738. The van der Waals surface area contributed by atoms with Gasteiger partial charge in [-0.25, -0.2) is 0 Å². The van der Waals surface area contributed by atoms with Crippen LogP contribution in [0.3, 0.4) is 0 Å². The van der Waals surface area contributed by atoms with E-state index >= 15 is 0 Å². The predicted molar refractivity (Wildman–Crippen MR) is 87.7 cm³/mol. The van der Waals surface area contributed by atoms with Crippen LogP contribution in [0.15, 0.2) is 0 Å². The van der Waals surface area contributed by atoms with Crippen molar-refractivity contribution in [1.82, 2.24) is 9.80 Å². The summed E-state index contributed by atoms with van der Waals surface area (Å²) in [5.41, 5.74) is 0.0738. The minimum atomic E-state index is 0.0738. The molecule has 130 valence electrons. The highest BCUT2D eigenvalue weighted by molar-refractivity contribution is 5.04. The van der Waals surface area contributed by atoms with Gasteiger partial charge in [-0.15, -0.1) is 0 Å². The van der Waals surface area contributed by atoms with Crippen LogP contribution in [0.4, 0.5) is 0 Å². The topological polar surface area (TPSA) is 45.2 Å². The number of hydrogen-bond donors (Lipinski definition) is 1. The first-order chi connectivity index (χ1) is 10.8. The lowest BCUT2D eigenvalue weighted by Gasteiger charge is -2.33. The molecule has 0 unspecified atom stereocenters. The smallest absolute Gasteiger partial charge is 0.148 e. The number of rotatable bonds is 7. The van der Waals surface area contributed by atoms with Crippen molar-refractivity contribution in [1.29, 1.82) is 0 Å². The molecule has 0 aromatic rings. The van der Waals surface area contributed by atoms with E-state index in [0.717, 1.165) is 45.5 Å². The fourth-order valence-electron chi connectivity index (χ4n) is 4.13. The Bertz CT molecular complexity index is 310. The molecule has 3 aliphatic rings. The molecule has 5 heteroatoms. The second-order valence-corrected chi connectivity index (χ2v) is 6.52.